The molecule has 1 aliphatic rings. The van der Waals surface area contributed by atoms with Crippen molar-refractivity contribution in [3.05, 3.63) is 70.9 Å². The van der Waals surface area contributed by atoms with Gasteiger partial charge in [-0.3, -0.25) is 9.69 Å². The molecule has 1 aromatic heterocycles. The summed E-state index contributed by atoms with van der Waals surface area (Å²) in [7, 11) is 0. The smallest absolute Gasteiger partial charge is 0.220 e. The van der Waals surface area contributed by atoms with Gasteiger partial charge in [-0.1, -0.05) is 41.9 Å². The second kappa shape index (κ2) is 10.1. The standard InChI is InChI=1S/C24H28ClN3O2/c25-19-8-6-18(7-9-19)21(22-17-27-23-5-2-1-4-20(22)23)16-24(29)26-10-3-11-28-12-14-30-15-13-28/h1-2,4-9,17,21,27H,3,10-16H2,(H,26,29)/t21-/m0/s1. The highest BCUT2D eigenvalue weighted by atomic mass is 35.5. The highest BCUT2D eigenvalue weighted by molar-refractivity contribution is 6.30. The summed E-state index contributed by atoms with van der Waals surface area (Å²) in [6, 6.07) is 16.0. The topological polar surface area (TPSA) is 57.4 Å². The van der Waals surface area contributed by atoms with Crippen molar-refractivity contribution in [2.75, 3.05) is 39.4 Å². The third-order valence-electron chi connectivity index (χ3n) is 5.74. The van der Waals surface area contributed by atoms with Crippen molar-refractivity contribution < 1.29 is 9.53 Å². The van der Waals surface area contributed by atoms with Gasteiger partial charge in [0.05, 0.1) is 13.2 Å². The molecule has 0 unspecified atom stereocenters. The van der Waals surface area contributed by atoms with E-state index in [9.17, 15) is 4.79 Å². The number of carbonyl (C=O) groups excluding carboxylic acids is 1. The number of rotatable bonds is 8. The van der Waals surface area contributed by atoms with Crippen molar-refractivity contribution in [2.45, 2.75) is 18.8 Å². The lowest BCUT2D eigenvalue weighted by atomic mass is 9.88. The number of hydrogen-bond donors (Lipinski definition) is 2. The van der Waals surface area contributed by atoms with E-state index in [1.165, 1.54) is 0 Å². The van der Waals surface area contributed by atoms with Gasteiger partial charge in [-0.25, -0.2) is 0 Å². The maximum Gasteiger partial charge on any atom is 0.220 e. The molecule has 1 amide bonds. The molecule has 5 nitrogen and oxygen atoms in total. The number of benzene rings is 2. The van der Waals surface area contributed by atoms with Gasteiger partial charge in [0.15, 0.2) is 0 Å². The Balaban J connectivity index is 1.42. The Hall–Kier alpha value is -2.34. The molecule has 30 heavy (non-hydrogen) atoms. The van der Waals surface area contributed by atoms with Crippen LogP contribution in [0.2, 0.25) is 5.02 Å². The Labute approximate surface area is 182 Å². The summed E-state index contributed by atoms with van der Waals surface area (Å²) in [6.07, 6.45) is 3.38. The Morgan fingerprint density at radius 2 is 1.90 bits per heavy atom. The molecule has 0 radical (unpaired) electrons. The third kappa shape index (κ3) is 5.22. The van der Waals surface area contributed by atoms with Gasteiger partial charge >= 0.3 is 0 Å². The van der Waals surface area contributed by atoms with Crippen LogP contribution in [0.5, 0.6) is 0 Å². The van der Waals surface area contributed by atoms with Crippen LogP contribution >= 0.6 is 11.6 Å². The number of carbonyl (C=O) groups is 1. The minimum Gasteiger partial charge on any atom is -0.379 e. The van der Waals surface area contributed by atoms with Gasteiger partial charge in [0.2, 0.25) is 5.91 Å². The number of ether oxygens (including phenoxy) is 1. The normalized spacial score (nSPS) is 15.9. The molecule has 0 bridgehead atoms. The van der Waals surface area contributed by atoms with Gasteiger partial charge in [0.25, 0.3) is 0 Å². The van der Waals surface area contributed by atoms with Crippen molar-refractivity contribution in [3.8, 4) is 0 Å². The number of para-hydroxylation sites is 1. The fourth-order valence-electron chi connectivity index (χ4n) is 4.10. The zero-order chi connectivity index (χ0) is 20.8. The maximum absolute atomic E-state index is 12.8. The van der Waals surface area contributed by atoms with E-state index in [4.69, 9.17) is 16.3 Å². The number of hydrogen-bond acceptors (Lipinski definition) is 3. The largest absolute Gasteiger partial charge is 0.379 e. The number of morpholine rings is 1. The SMILES string of the molecule is O=C(C[C@@H](c1ccc(Cl)cc1)c1c[nH]c2ccccc12)NCCCN1CCOCC1. The predicted molar refractivity (Wildman–Crippen MR) is 121 cm³/mol. The summed E-state index contributed by atoms with van der Waals surface area (Å²) < 4.78 is 5.38. The molecule has 6 heteroatoms. The van der Waals surface area contributed by atoms with Crippen LogP contribution in [0.3, 0.4) is 0 Å². The zero-order valence-electron chi connectivity index (χ0n) is 17.1. The van der Waals surface area contributed by atoms with E-state index < -0.39 is 0 Å². The van der Waals surface area contributed by atoms with Crippen LogP contribution in [-0.4, -0.2) is 55.2 Å². The van der Waals surface area contributed by atoms with Crippen molar-refractivity contribution >= 4 is 28.4 Å². The number of H-pyrrole nitrogens is 1. The molecule has 2 N–H and O–H groups in total. The molecule has 158 valence electrons. The molecule has 1 saturated heterocycles. The van der Waals surface area contributed by atoms with E-state index in [1.54, 1.807) is 0 Å². The number of aromatic nitrogens is 1. The van der Waals surface area contributed by atoms with Crippen molar-refractivity contribution in [1.29, 1.82) is 0 Å². The quantitative estimate of drug-likeness (QED) is 0.532. The molecule has 3 aromatic rings. The second-order valence-corrected chi connectivity index (χ2v) is 8.19. The lowest BCUT2D eigenvalue weighted by Gasteiger charge is -2.26. The number of fused-ring (bicyclic) bond motifs is 1. The van der Waals surface area contributed by atoms with Crippen molar-refractivity contribution in [1.82, 2.24) is 15.2 Å². The predicted octanol–water partition coefficient (Wildman–Crippen LogP) is 4.18. The molecule has 2 aromatic carbocycles. The van der Waals surface area contributed by atoms with Crippen LogP contribution in [0, 0.1) is 0 Å². The van der Waals surface area contributed by atoms with Crippen LogP contribution in [0.25, 0.3) is 10.9 Å². The number of amides is 1. The van der Waals surface area contributed by atoms with E-state index >= 15 is 0 Å². The molecule has 0 spiro atoms. The minimum atomic E-state index is -0.0299. The zero-order valence-corrected chi connectivity index (χ0v) is 17.8. The summed E-state index contributed by atoms with van der Waals surface area (Å²) in [5, 5.41) is 4.96. The maximum atomic E-state index is 12.8. The van der Waals surface area contributed by atoms with Crippen LogP contribution in [0.4, 0.5) is 0 Å². The van der Waals surface area contributed by atoms with Gasteiger partial charge in [0.1, 0.15) is 0 Å². The molecule has 1 fully saturated rings. The molecule has 1 aliphatic heterocycles. The minimum absolute atomic E-state index is 0.0299. The monoisotopic (exact) mass is 425 g/mol. The van der Waals surface area contributed by atoms with Crippen LogP contribution < -0.4 is 5.32 Å². The van der Waals surface area contributed by atoms with E-state index in [0.29, 0.717) is 18.0 Å². The van der Waals surface area contributed by atoms with Crippen LogP contribution in [0.1, 0.15) is 29.9 Å². The first-order valence-corrected chi connectivity index (χ1v) is 11.0. The summed E-state index contributed by atoms with van der Waals surface area (Å²) in [5.41, 5.74) is 3.31. The summed E-state index contributed by atoms with van der Waals surface area (Å²) in [6.45, 7) is 5.25. The Morgan fingerprint density at radius 1 is 1.13 bits per heavy atom. The molecule has 0 aliphatic carbocycles. The molecule has 0 saturated carbocycles. The lowest BCUT2D eigenvalue weighted by molar-refractivity contribution is -0.121. The highest BCUT2D eigenvalue weighted by Gasteiger charge is 2.21. The first-order chi connectivity index (χ1) is 14.7. The highest BCUT2D eigenvalue weighted by Crippen LogP contribution is 2.33. The molecule has 4 rings (SSSR count). The summed E-state index contributed by atoms with van der Waals surface area (Å²) in [4.78, 5) is 18.5. The fourth-order valence-corrected chi connectivity index (χ4v) is 4.22. The summed E-state index contributed by atoms with van der Waals surface area (Å²) >= 11 is 6.09. The molecule has 1 atom stereocenters. The lowest BCUT2D eigenvalue weighted by Crippen LogP contribution is -2.38. The van der Waals surface area contributed by atoms with Gasteiger partial charge in [-0.2, -0.15) is 0 Å². The first-order valence-electron chi connectivity index (χ1n) is 10.6. The van der Waals surface area contributed by atoms with Gasteiger partial charge in [-0.15, -0.1) is 0 Å². The van der Waals surface area contributed by atoms with Crippen molar-refractivity contribution in [3.63, 3.8) is 0 Å². The van der Waals surface area contributed by atoms with Crippen LogP contribution in [0.15, 0.2) is 54.7 Å². The first kappa shape index (κ1) is 20.9. The molecule has 2 heterocycles. The Bertz CT molecular complexity index is 964. The number of halogens is 1. The summed E-state index contributed by atoms with van der Waals surface area (Å²) in [5.74, 6) is 0.0415. The third-order valence-corrected chi connectivity index (χ3v) is 5.99. The van der Waals surface area contributed by atoms with Crippen LogP contribution in [-0.2, 0) is 9.53 Å². The van der Waals surface area contributed by atoms with Gasteiger partial charge < -0.3 is 15.0 Å². The average Bonchev–Trinajstić information content (AvgIpc) is 3.20. The van der Waals surface area contributed by atoms with Crippen molar-refractivity contribution in [2.24, 2.45) is 0 Å². The number of aromatic amines is 1. The van der Waals surface area contributed by atoms with Gasteiger partial charge in [0, 0.05) is 54.1 Å². The Morgan fingerprint density at radius 3 is 2.70 bits per heavy atom. The number of nitrogens with zero attached hydrogens (tertiary/aromatic N) is 1. The fraction of sp³-hybridized carbons (Fsp3) is 0.375. The number of nitrogens with one attached hydrogen (secondary N) is 2. The van der Waals surface area contributed by atoms with E-state index in [2.05, 4.69) is 27.3 Å². The van der Waals surface area contributed by atoms with E-state index in [-0.39, 0.29) is 11.8 Å². The second-order valence-electron chi connectivity index (χ2n) is 7.76. The van der Waals surface area contributed by atoms with Gasteiger partial charge in [-0.05, 0) is 42.3 Å². The van der Waals surface area contributed by atoms with E-state index in [0.717, 1.165) is 61.3 Å². The molecular formula is C24H28ClN3O2. The average molecular weight is 426 g/mol. The Kier molecular flexibility index (Phi) is 7.05. The van der Waals surface area contributed by atoms with E-state index in [1.807, 2.05) is 42.6 Å². The molecular weight excluding hydrogens is 398 g/mol.